The molecule has 3 aromatic rings. The molecule has 10 heteroatoms. The molecule has 134 valence electrons. The monoisotopic (exact) mass is 378 g/mol. The molecule has 0 saturated heterocycles. The molecular weight excluding hydrogens is 366 g/mol. The Hall–Kier alpha value is -3.01. The lowest BCUT2D eigenvalue weighted by molar-refractivity contribution is -0.383. The predicted molar refractivity (Wildman–Crippen MR) is 93.1 cm³/mol. The molecule has 0 spiro atoms. The summed E-state index contributed by atoms with van der Waals surface area (Å²) in [7, 11) is 0. The fraction of sp³-hybridized carbons (Fsp3) is 0.125. The summed E-state index contributed by atoms with van der Waals surface area (Å²) in [5.74, 6) is -2.01. The Balaban J connectivity index is 1.58. The first-order chi connectivity index (χ1) is 12.4. The SMILES string of the molecule is O=C(CCSc1nc2cc(F)c(F)cc2[nH]1)Nc1ccccc1[N+](=O)[O-]. The molecule has 0 aliphatic heterocycles. The van der Waals surface area contributed by atoms with Gasteiger partial charge < -0.3 is 10.3 Å². The highest BCUT2D eigenvalue weighted by Gasteiger charge is 2.15. The molecule has 2 N–H and O–H groups in total. The number of imidazole rings is 1. The maximum Gasteiger partial charge on any atom is 0.292 e. The second-order valence-electron chi connectivity index (χ2n) is 5.25. The predicted octanol–water partition coefficient (Wildman–Crippen LogP) is 3.87. The van der Waals surface area contributed by atoms with E-state index in [4.69, 9.17) is 0 Å². The van der Waals surface area contributed by atoms with Crippen LogP contribution in [-0.2, 0) is 4.79 Å². The number of nitrogens with zero attached hydrogens (tertiary/aromatic N) is 2. The summed E-state index contributed by atoms with van der Waals surface area (Å²) in [6, 6.07) is 7.86. The number of carbonyl (C=O) groups is 1. The maximum atomic E-state index is 13.2. The summed E-state index contributed by atoms with van der Waals surface area (Å²) in [4.78, 5) is 29.3. The molecule has 3 rings (SSSR count). The van der Waals surface area contributed by atoms with E-state index in [1.54, 1.807) is 6.07 Å². The summed E-state index contributed by atoms with van der Waals surface area (Å²) in [5, 5.41) is 13.8. The van der Waals surface area contributed by atoms with Gasteiger partial charge in [0.05, 0.1) is 16.0 Å². The Bertz CT molecular complexity index is 954. The van der Waals surface area contributed by atoms with E-state index in [1.807, 2.05) is 0 Å². The third kappa shape index (κ3) is 3.97. The highest BCUT2D eigenvalue weighted by molar-refractivity contribution is 7.99. The van der Waals surface area contributed by atoms with Crippen molar-refractivity contribution in [3.63, 3.8) is 0 Å². The van der Waals surface area contributed by atoms with Crippen LogP contribution in [0.5, 0.6) is 0 Å². The minimum atomic E-state index is -0.982. The van der Waals surface area contributed by atoms with Gasteiger partial charge in [-0.15, -0.1) is 0 Å². The zero-order valence-corrected chi connectivity index (χ0v) is 14.0. The van der Waals surface area contributed by atoms with Crippen LogP contribution in [-0.4, -0.2) is 26.6 Å². The first kappa shape index (κ1) is 17.8. The van der Waals surface area contributed by atoms with E-state index >= 15 is 0 Å². The number of anilines is 1. The maximum absolute atomic E-state index is 13.2. The molecule has 2 aromatic carbocycles. The molecule has 0 unspecified atom stereocenters. The smallest absolute Gasteiger partial charge is 0.292 e. The first-order valence-corrected chi connectivity index (χ1v) is 8.43. The Kier molecular flexibility index (Phi) is 5.12. The van der Waals surface area contributed by atoms with Gasteiger partial charge in [0.2, 0.25) is 5.91 Å². The highest BCUT2D eigenvalue weighted by Crippen LogP contribution is 2.24. The van der Waals surface area contributed by atoms with Crippen LogP contribution in [0, 0.1) is 21.7 Å². The number of hydrogen-bond donors (Lipinski definition) is 2. The van der Waals surface area contributed by atoms with Gasteiger partial charge in [-0.25, -0.2) is 13.8 Å². The largest absolute Gasteiger partial charge is 0.333 e. The van der Waals surface area contributed by atoms with Crippen molar-refractivity contribution >= 4 is 40.1 Å². The van der Waals surface area contributed by atoms with Crippen LogP contribution in [0.3, 0.4) is 0 Å². The lowest BCUT2D eigenvalue weighted by Gasteiger charge is -2.05. The zero-order valence-electron chi connectivity index (χ0n) is 13.2. The fourth-order valence-corrected chi connectivity index (χ4v) is 3.07. The van der Waals surface area contributed by atoms with E-state index < -0.39 is 16.6 Å². The van der Waals surface area contributed by atoms with Crippen LogP contribution in [0.1, 0.15) is 6.42 Å². The van der Waals surface area contributed by atoms with E-state index in [2.05, 4.69) is 15.3 Å². The van der Waals surface area contributed by atoms with Gasteiger partial charge in [0, 0.05) is 30.4 Å². The average molecular weight is 378 g/mol. The number of aromatic amines is 1. The average Bonchev–Trinajstić information content (AvgIpc) is 2.97. The second-order valence-corrected chi connectivity index (χ2v) is 6.33. The van der Waals surface area contributed by atoms with Crippen molar-refractivity contribution in [3.8, 4) is 0 Å². The van der Waals surface area contributed by atoms with Crippen LogP contribution in [0.25, 0.3) is 11.0 Å². The Morgan fingerprint density at radius 2 is 2.00 bits per heavy atom. The fourth-order valence-electron chi connectivity index (χ4n) is 2.24. The van der Waals surface area contributed by atoms with Gasteiger partial charge in [-0.05, 0) is 6.07 Å². The van der Waals surface area contributed by atoms with E-state index in [1.165, 1.54) is 30.0 Å². The highest BCUT2D eigenvalue weighted by atomic mass is 32.2. The number of rotatable bonds is 6. The molecule has 1 aromatic heterocycles. The summed E-state index contributed by atoms with van der Waals surface area (Å²) in [6.07, 6.45) is 0.0798. The van der Waals surface area contributed by atoms with Crippen molar-refractivity contribution in [2.75, 3.05) is 11.1 Å². The van der Waals surface area contributed by atoms with Crippen LogP contribution < -0.4 is 5.32 Å². The van der Waals surface area contributed by atoms with Gasteiger partial charge in [-0.3, -0.25) is 14.9 Å². The van der Waals surface area contributed by atoms with Crippen molar-refractivity contribution in [2.24, 2.45) is 0 Å². The molecule has 7 nitrogen and oxygen atoms in total. The van der Waals surface area contributed by atoms with Gasteiger partial charge in [0.25, 0.3) is 5.69 Å². The van der Waals surface area contributed by atoms with Gasteiger partial charge in [0.1, 0.15) is 5.69 Å². The third-order valence-corrected chi connectivity index (χ3v) is 4.32. The van der Waals surface area contributed by atoms with Crippen LogP contribution >= 0.6 is 11.8 Å². The van der Waals surface area contributed by atoms with Crippen molar-refractivity contribution < 1.29 is 18.5 Å². The Morgan fingerprint density at radius 3 is 2.77 bits per heavy atom. The van der Waals surface area contributed by atoms with E-state index in [0.717, 1.165) is 12.1 Å². The summed E-state index contributed by atoms with van der Waals surface area (Å²) < 4.78 is 26.4. The Morgan fingerprint density at radius 1 is 1.27 bits per heavy atom. The quantitative estimate of drug-likeness (QED) is 0.385. The van der Waals surface area contributed by atoms with Crippen molar-refractivity contribution in [2.45, 2.75) is 11.6 Å². The molecule has 0 radical (unpaired) electrons. The normalized spacial score (nSPS) is 10.8. The van der Waals surface area contributed by atoms with Gasteiger partial charge in [0.15, 0.2) is 16.8 Å². The van der Waals surface area contributed by atoms with Crippen molar-refractivity contribution in [3.05, 3.63) is 58.1 Å². The molecule has 0 aliphatic rings. The number of para-hydroxylation sites is 2. The minimum absolute atomic E-state index is 0.0798. The number of halogens is 2. The van der Waals surface area contributed by atoms with Crippen molar-refractivity contribution in [1.29, 1.82) is 0 Å². The molecule has 1 heterocycles. The summed E-state index contributed by atoms with van der Waals surface area (Å²) in [5.41, 5.74) is 0.587. The topological polar surface area (TPSA) is 101 Å². The third-order valence-electron chi connectivity index (χ3n) is 3.44. The molecule has 1 amide bonds. The molecular formula is C16H12F2N4O3S. The number of aromatic nitrogens is 2. The first-order valence-electron chi connectivity index (χ1n) is 7.45. The standard InChI is InChI=1S/C16H12F2N4O3S/c17-9-7-12-13(8-10(9)18)21-16(20-12)26-6-5-15(23)19-11-3-1-2-4-14(11)22(24)25/h1-4,7-8H,5-6H2,(H,19,23)(H,20,21). The van der Waals surface area contributed by atoms with E-state index in [-0.39, 0.29) is 29.2 Å². The van der Waals surface area contributed by atoms with E-state index in [9.17, 15) is 23.7 Å². The molecule has 26 heavy (non-hydrogen) atoms. The lowest BCUT2D eigenvalue weighted by atomic mass is 10.2. The number of thioether (sulfide) groups is 1. The lowest BCUT2D eigenvalue weighted by Crippen LogP contribution is -2.13. The summed E-state index contributed by atoms with van der Waals surface area (Å²) in [6.45, 7) is 0. The van der Waals surface area contributed by atoms with E-state index in [0.29, 0.717) is 16.4 Å². The number of carbonyl (C=O) groups excluding carboxylic acids is 1. The molecule has 0 aliphatic carbocycles. The summed E-state index contributed by atoms with van der Waals surface area (Å²) >= 11 is 1.20. The number of nitro benzene ring substituents is 1. The van der Waals surface area contributed by atoms with Gasteiger partial charge in [-0.2, -0.15) is 0 Å². The number of hydrogen-bond acceptors (Lipinski definition) is 5. The second kappa shape index (κ2) is 7.48. The number of nitrogens with one attached hydrogen (secondary N) is 2. The molecule has 0 fully saturated rings. The molecule has 0 atom stereocenters. The van der Waals surface area contributed by atoms with Crippen LogP contribution in [0.15, 0.2) is 41.6 Å². The van der Waals surface area contributed by atoms with Crippen LogP contribution in [0.2, 0.25) is 0 Å². The van der Waals surface area contributed by atoms with Crippen LogP contribution in [0.4, 0.5) is 20.2 Å². The number of H-pyrrole nitrogens is 1. The number of fused-ring (bicyclic) bond motifs is 1. The number of amides is 1. The molecule has 0 bridgehead atoms. The zero-order chi connectivity index (χ0) is 18.7. The van der Waals surface area contributed by atoms with Crippen molar-refractivity contribution in [1.82, 2.24) is 9.97 Å². The van der Waals surface area contributed by atoms with Gasteiger partial charge >= 0.3 is 0 Å². The number of benzene rings is 2. The van der Waals surface area contributed by atoms with Gasteiger partial charge in [-0.1, -0.05) is 23.9 Å². The minimum Gasteiger partial charge on any atom is -0.333 e. The molecule has 0 saturated carbocycles. The Labute approximate surface area is 150 Å². The number of nitro groups is 1.